The van der Waals surface area contributed by atoms with Crippen molar-refractivity contribution in [3.63, 3.8) is 0 Å². The molecule has 0 bridgehead atoms. The molecule has 0 spiro atoms. The Balaban J connectivity index is 1.55. The first kappa shape index (κ1) is 19.7. The highest BCUT2D eigenvalue weighted by Crippen LogP contribution is 2.34. The van der Waals surface area contributed by atoms with E-state index >= 15 is 0 Å². The maximum atomic E-state index is 9.93. The van der Waals surface area contributed by atoms with Crippen molar-refractivity contribution >= 4 is 40.0 Å². The first-order valence-corrected chi connectivity index (χ1v) is 10.5. The van der Waals surface area contributed by atoms with Crippen molar-refractivity contribution in [3.05, 3.63) is 22.2 Å². The predicted molar refractivity (Wildman–Crippen MR) is 116 cm³/mol. The molecule has 3 heterocycles. The van der Waals surface area contributed by atoms with E-state index in [-0.39, 0.29) is 5.75 Å². The highest BCUT2D eigenvalue weighted by molar-refractivity contribution is 9.10. The van der Waals surface area contributed by atoms with Crippen LogP contribution in [0.15, 0.2) is 21.7 Å². The topological polar surface area (TPSA) is 99.0 Å². The summed E-state index contributed by atoms with van der Waals surface area (Å²) in [5.41, 5.74) is 3.68. The van der Waals surface area contributed by atoms with E-state index in [4.69, 9.17) is 9.72 Å². The van der Waals surface area contributed by atoms with Crippen LogP contribution in [0.2, 0.25) is 0 Å². The second-order valence-electron chi connectivity index (χ2n) is 7.07. The van der Waals surface area contributed by atoms with Crippen molar-refractivity contribution in [1.29, 1.82) is 0 Å². The van der Waals surface area contributed by atoms with E-state index in [1.54, 1.807) is 18.3 Å². The minimum absolute atomic E-state index is 0.0561. The maximum Gasteiger partial charge on any atom is 0.250 e. The zero-order valence-corrected chi connectivity index (χ0v) is 17.9. The van der Waals surface area contributed by atoms with Crippen molar-refractivity contribution in [2.24, 2.45) is 5.10 Å². The smallest absolute Gasteiger partial charge is 0.250 e. The van der Waals surface area contributed by atoms with E-state index < -0.39 is 0 Å². The van der Waals surface area contributed by atoms with Gasteiger partial charge in [0.1, 0.15) is 0 Å². The highest BCUT2D eigenvalue weighted by atomic mass is 79.9. The number of halogens is 1. The molecule has 0 radical (unpaired) electrons. The Hall–Kier alpha value is -2.62. The number of benzene rings is 1. The van der Waals surface area contributed by atoms with Gasteiger partial charge in [-0.15, -0.1) is 0 Å². The average Bonchev–Trinajstić information content (AvgIpc) is 3.44. The van der Waals surface area contributed by atoms with E-state index in [9.17, 15) is 5.11 Å². The standard InChI is InChI=1S/C19H24BrN7O2/c1-29-15-11-13(10-14(20)16(15)28)12-21-25-17-22-18(26-6-2-3-7-26)24-19(23-17)27-8-4-5-9-27/h10-12,28H,2-9H2,1H3,(H,22,23,24,25)/b21-12+. The molecular formula is C19H24BrN7O2. The molecule has 2 aliphatic heterocycles. The lowest BCUT2D eigenvalue weighted by molar-refractivity contribution is 0.372. The molecule has 0 aliphatic carbocycles. The Morgan fingerprint density at radius 1 is 1.03 bits per heavy atom. The largest absolute Gasteiger partial charge is 0.503 e. The van der Waals surface area contributed by atoms with Gasteiger partial charge in [-0.1, -0.05) is 0 Å². The molecule has 29 heavy (non-hydrogen) atoms. The Labute approximate surface area is 177 Å². The summed E-state index contributed by atoms with van der Waals surface area (Å²) in [5.74, 6) is 2.25. The van der Waals surface area contributed by atoms with Crippen LogP contribution in [0.5, 0.6) is 11.5 Å². The normalized spacial score (nSPS) is 16.8. The molecule has 2 N–H and O–H groups in total. The van der Waals surface area contributed by atoms with E-state index in [0.717, 1.165) is 57.4 Å². The summed E-state index contributed by atoms with van der Waals surface area (Å²) in [7, 11) is 1.51. The Morgan fingerprint density at radius 3 is 2.17 bits per heavy atom. The number of phenolic OH excluding ortho intramolecular Hbond substituents is 1. The lowest BCUT2D eigenvalue weighted by atomic mass is 10.2. The fourth-order valence-electron chi connectivity index (χ4n) is 3.51. The van der Waals surface area contributed by atoms with Gasteiger partial charge < -0.3 is 19.6 Å². The van der Waals surface area contributed by atoms with Crippen molar-refractivity contribution in [1.82, 2.24) is 15.0 Å². The molecule has 1 aromatic carbocycles. The minimum atomic E-state index is 0.0561. The molecule has 0 atom stereocenters. The summed E-state index contributed by atoms with van der Waals surface area (Å²) >= 11 is 3.31. The molecule has 0 saturated carbocycles. The number of ether oxygens (including phenoxy) is 1. The number of nitrogens with zero attached hydrogens (tertiary/aromatic N) is 6. The van der Waals surface area contributed by atoms with Gasteiger partial charge in [-0.25, -0.2) is 5.43 Å². The molecule has 2 saturated heterocycles. The molecule has 0 unspecified atom stereocenters. The predicted octanol–water partition coefficient (Wildman–Crippen LogP) is 2.99. The molecule has 2 aliphatic rings. The van der Waals surface area contributed by atoms with E-state index in [1.807, 2.05) is 0 Å². The summed E-state index contributed by atoms with van der Waals surface area (Å²) in [6, 6.07) is 3.45. The molecule has 10 heteroatoms. The minimum Gasteiger partial charge on any atom is -0.503 e. The molecule has 0 amide bonds. The lowest BCUT2D eigenvalue weighted by Crippen LogP contribution is -2.25. The molecule has 1 aromatic heterocycles. The number of rotatable bonds is 6. The van der Waals surface area contributed by atoms with E-state index in [2.05, 4.69) is 46.2 Å². The fourth-order valence-corrected chi connectivity index (χ4v) is 3.97. The molecule has 2 fully saturated rings. The number of aromatic hydroxyl groups is 1. The van der Waals surface area contributed by atoms with Crippen LogP contribution in [-0.2, 0) is 0 Å². The SMILES string of the molecule is COc1cc(/C=N/Nc2nc(N3CCCC3)nc(N3CCCC3)n2)cc(Br)c1O. The number of aromatic nitrogens is 3. The van der Waals surface area contributed by atoms with Crippen molar-refractivity contribution < 1.29 is 9.84 Å². The third-order valence-corrected chi connectivity index (χ3v) is 5.64. The second-order valence-corrected chi connectivity index (χ2v) is 7.93. The number of methoxy groups -OCH3 is 1. The summed E-state index contributed by atoms with van der Waals surface area (Å²) in [4.78, 5) is 18.2. The molecule has 2 aromatic rings. The van der Waals surface area contributed by atoms with Gasteiger partial charge in [0.05, 0.1) is 17.8 Å². The van der Waals surface area contributed by atoms with Crippen LogP contribution in [0.3, 0.4) is 0 Å². The number of hydrazone groups is 1. The summed E-state index contributed by atoms with van der Waals surface area (Å²) < 4.78 is 5.70. The zero-order chi connectivity index (χ0) is 20.2. The van der Waals surface area contributed by atoms with Crippen LogP contribution in [0.25, 0.3) is 0 Å². The first-order chi connectivity index (χ1) is 14.1. The quantitative estimate of drug-likeness (QED) is 0.500. The van der Waals surface area contributed by atoms with Gasteiger partial charge in [0, 0.05) is 26.2 Å². The first-order valence-electron chi connectivity index (χ1n) is 9.75. The number of anilines is 3. The Bertz CT molecular complexity index is 862. The Morgan fingerprint density at radius 2 is 1.62 bits per heavy atom. The van der Waals surface area contributed by atoms with Crippen LogP contribution in [0, 0.1) is 0 Å². The molecule has 154 valence electrons. The number of hydrogen-bond donors (Lipinski definition) is 2. The van der Waals surface area contributed by atoms with E-state index in [1.165, 1.54) is 7.11 Å². The molecule has 9 nitrogen and oxygen atoms in total. The van der Waals surface area contributed by atoms with Crippen LogP contribution in [-0.4, -0.2) is 59.6 Å². The molecule has 4 rings (SSSR count). The summed E-state index contributed by atoms with van der Waals surface area (Å²) in [5, 5.41) is 14.2. The Kier molecular flexibility index (Phi) is 5.98. The fraction of sp³-hybridized carbons (Fsp3) is 0.474. The summed E-state index contributed by atoms with van der Waals surface area (Å²) in [6.07, 6.45) is 6.25. The average molecular weight is 462 g/mol. The third-order valence-electron chi connectivity index (χ3n) is 5.04. The van der Waals surface area contributed by atoms with Crippen molar-refractivity contribution in [3.8, 4) is 11.5 Å². The zero-order valence-electron chi connectivity index (χ0n) is 16.3. The van der Waals surface area contributed by atoms with Gasteiger partial charge in [-0.05, 0) is 59.3 Å². The number of nitrogens with one attached hydrogen (secondary N) is 1. The van der Waals surface area contributed by atoms with Gasteiger partial charge in [-0.3, -0.25) is 0 Å². The highest BCUT2D eigenvalue weighted by Gasteiger charge is 2.21. The lowest BCUT2D eigenvalue weighted by Gasteiger charge is -2.20. The van der Waals surface area contributed by atoms with Crippen LogP contribution >= 0.6 is 15.9 Å². The number of phenols is 1. The van der Waals surface area contributed by atoms with Gasteiger partial charge in [0.2, 0.25) is 17.8 Å². The molecular weight excluding hydrogens is 438 g/mol. The van der Waals surface area contributed by atoms with Gasteiger partial charge >= 0.3 is 0 Å². The summed E-state index contributed by atoms with van der Waals surface area (Å²) in [6.45, 7) is 3.86. The van der Waals surface area contributed by atoms with Gasteiger partial charge in [-0.2, -0.15) is 20.1 Å². The van der Waals surface area contributed by atoms with Crippen LogP contribution in [0.4, 0.5) is 17.8 Å². The van der Waals surface area contributed by atoms with Crippen LogP contribution in [0.1, 0.15) is 31.2 Å². The van der Waals surface area contributed by atoms with Gasteiger partial charge in [0.15, 0.2) is 11.5 Å². The van der Waals surface area contributed by atoms with E-state index in [0.29, 0.717) is 28.1 Å². The van der Waals surface area contributed by atoms with Crippen LogP contribution < -0.4 is 20.0 Å². The van der Waals surface area contributed by atoms with Gasteiger partial charge in [0.25, 0.3) is 0 Å². The third kappa shape index (κ3) is 4.52. The second kappa shape index (κ2) is 8.81. The number of hydrogen-bond acceptors (Lipinski definition) is 9. The van der Waals surface area contributed by atoms with Crippen molar-refractivity contribution in [2.45, 2.75) is 25.7 Å². The van der Waals surface area contributed by atoms with Crippen molar-refractivity contribution in [2.75, 3.05) is 48.5 Å². The maximum absolute atomic E-state index is 9.93. The monoisotopic (exact) mass is 461 g/mol.